The molecule has 1 unspecified atom stereocenters. The molecule has 1 aliphatic heterocycles. The second-order valence-electron chi connectivity index (χ2n) is 5.04. The first-order valence-corrected chi connectivity index (χ1v) is 6.29. The SMILES string of the molecule is COc1ccc(CN2CC(C(C)C(=O)O)C2)c(F)c1. The number of carboxylic acids is 1. The molecule has 1 heterocycles. The van der Waals surface area contributed by atoms with Gasteiger partial charge in [-0.2, -0.15) is 0 Å². The second-order valence-corrected chi connectivity index (χ2v) is 5.04. The van der Waals surface area contributed by atoms with Crippen LogP contribution in [0, 0.1) is 17.7 Å². The molecule has 1 atom stereocenters. The maximum Gasteiger partial charge on any atom is 0.306 e. The minimum Gasteiger partial charge on any atom is -0.497 e. The van der Waals surface area contributed by atoms with Gasteiger partial charge in [0.05, 0.1) is 13.0 Å². The zero-order valence-electron chi connectivity index (χ0n) is 11.1. The maximum absolute atomic E-state index is 13.7. The molecule has 104 valence electrons. The molecule has 0 amide bonds. The summed E-state index contributed by atoms with van der Waals surface area (Å²) in [5.41, 5.74) is 0.613. The Morgan fingerprint density at radius 3 is 2.79 bits per heavy atom. The molecule has 0 radical (unpaired) electrons. The number of methoxy groups -OCH3 is 1. The minimum absolute atomic E-state index is 0.166. The maximum atomic E-state index is 13.7. The summed E-state index contributed by atoms with van der Waals surface area (Å²) in [6.45, 7) is 3.65. The molecule has 1 fully saturated rings. The van der Waals surface area contributed by atoms with Crippen LogP contribution in [0.1, 0.15) is 12.5 Å². The topological polar surface area (TPSA) is 49.8 Å². The summed E-state index contributed by atoms with van der Waals surface area (Å²) in [6, 6.07) is 4.81. The van der Waals surface area contributed by atoms with E-state index in [2.05, 4.69) is 4.90 Å². The average molecular weight is 267 g/mol. The van der Waals surface area contributed by atoms with Crippen molar-refractivity contribution >= 4 is 5.97 Å². The van der Waals surface area contributed by atoms with E-state index >= 15 is 0 Å². The lowest BCUT2D eigenvalue weighted by Gasteiger charge is -2.41. The lowest BCUT2D eigenvalue weighted by Crippen LogP contribution is -2.50. The van der Waals surface area contributed by atoms with Crippen LogP contribution in [-0.4, -0.2) is 36.2 Å². The van der Waals surface area contributed by atoms with Crippen molar-refractivity contribution in [2.75, 3.05) is 20.2 Å². The third-order valence-corrected chi connectivity index (χ3v) is 3.74. The quantitative estimate of drug-likeness (QED) is 0.886. The summed E-state index contributed by atoms with van der Waals surface area (Å²) in [7, 11) is 1.50. The summed E-state index contributed by atoms with van der Waals surface area (Å²) in [4.78, 5) is 12.9. The number of rotatable bonds is 5. The van der Waals surface area contributed by atoms with Gasteiger partial charge in [0.2, 0.25) is 0 Å². The van der Waals surface area contributed by atoms with E-state index in [0.717, 1.165) is 0 Å². The number of halogens is 1. The molecule has 0 aromatic heterocycles. The fourth-order valence-corrected chi connectivity index (χ4v) is 2.28. The summed E-state index contributed by atoms with van der Waals surface area (Å²) in [5.74, 6) is -0.715. The fraction of sp³-hybridized carbons (Fsp3) is 0.500. The number of hydrogen-bond acceptors (Lipinski definition) is 3. The molecule has 5 heteroatoms. The number of carboxylic acid groups (broad SMARTS) is 1. The van der Waals surface area contributed by atoms with Crippen LogP contribution < -0.4 is 4.74 Å². The van der Waals surface area contributed by atoms with E-state index in [1.165, 1.54) is 13.2 Å². The van der Waals surface area contributed by atoms with Gasteiger partial charge in [-0.25, -0.2) is 4.39 Å². The molecule has 1 N–H and O–H groups in total. The first-order chi connectivity index (χ1) is 9.01. The van der Waals surface area contributed by atoms with Crippen LogP contribution in [0.2, 0.25) is 0 Å². The molecule has 0 spiro atoms. The van der Waals surface area contributed by atoms with E-state index in [-0.39, 0.29) is 17.7 Å². The lowest BCUT2D eigenvalue weighted by atomic mass is 9.87. The Morgan fingerprint density at radius 1 is 1.58 bits per heavy atom. The summed E-state index contributed by atoms with van der Waals surface area (Å²) >= 11 is 0. The van der Waals surface area contributed by atoms with Crippen LogP contribution in [-0.2, 0) is 11.3 Å². The van der Waals surface area contributed by atoms with Gasteiger partial charge < -0.3 is 9.84 Å². The van der Waals surface area contributed by atoms with Gasteiger partial charge in [-0.05, 0) is 12.0 Å². The van der Waals surface area contributed by atoms with Crippen LogP contribution in [0.4, 0.5) is 4.39 Å². The predicted molar refractivity (Wildman–Crippen MR) is 68.5 cm³/mol. The van der Waals surface area contributed by atoms with Crippen molar-refractivity contribution in [1.82, 2.24) is 4.90 Å². The average Bonchev–Trinajstić information content (AvgIpc) is 2.33. The predicted octanol–water partition coefficient (Wildman–Crippen LogP) is 1.99. The number of carbonyl (C=O) groups is 1. The third-order valence-electron chi connectivity index (χ3n) is 3.74. The van der Waals surface area contributed by atoms with Gasteiger partial charge in [0.15, 0.2) is 0 Å². The van der Waals surface area contributed by atoms with Crippen LogP contribution in [0.3, 0.4) is 0 Å². The van der Waals surface area contributed by atoms with Crippen LogP contribution >= 0.6 is 0 Å². The summed E-state index contributed by atoms with van der Waals surface area (Å²) in [5, 5.41) is 8.90. The molecule has 19 heavy (non-hydrogen) atoms. The third kappa shape index (κ3) is 3.04. The Hall–Kier alpha value is -1.62. The normalized spacial score (nSPS) is 17.8. The Bertz CT molecular complexity index is 472. The first kappa shape index (κ1) is 13.8. The highest BCUT2D eigenvalue weighted by atomic mass is 19.1. The van der Waals surface area contributed by atoms with Crippen molar-refractivity contribution in [3.05, 3.63) is 29.6 Å². The van der Waals surface area contributed by atoms with E-state index in [0.29, 0.717) is 30.9 Å². The van der Waals surface area contributed by atoms with Crippen LogP contribution in [0.25, 0.3) is 0 Å². The van der Waals surface area contributed by atoms with Crippen LogP contribution in [0.15, 0.2) is 18.2 Å². The van der Waals surface area contributed by atoms with E-state index in [9.17, 15) is 9.18 Å². The molecule has 1 saturated heterocycles. The molecule has 0 saturated carbocycles. The Morgan fingerprint density at radius 2 is 2.26 bits per heavy atom. The molecule has 2 rings (SSSR count). The molecular formula is C14H18FNO3. The summed E-state index contributed by atoms with van der Waals surface area (Å²) in [6.07, 6.45) is 0. The molecule has 1 aromatic carbocycles. The fourth-order valence-electron chi connectivity index (χ4n) is 2.28. The Balaban J connectivity index is 1.89. The highest BCUT2D eigenvalue weighted by Crippen LogP contribution is 2.27. The number of benzene rings is 1. The number of ether oxygens (including phenoxy) is 1. The van der Waals surface area contributed by atoms with Gasteiger partial charge in [0, 0.05) is 31.3 Å². The van der Waals surface area contributed by atoms with Gasteiger partial charge in [-0.1, -0.05) is 13.0 Å². The van der Waals surface area contributed by atoms with Gasteiger partial charge in [-0.3, -0.25) is 9.69 Å². The van der Waals surface area contributed by atoms with Crippen molar-refractivity contribution in [2.45, 2.75) is 13.5 Å². The number of hydrogen-bond donors (Lipinski definition) is 1. The Kier molecular flexibility index (Phi) is 4.04. The van der Waals surface area contributed by atoms with Crippen molar-refractivity contribution in [3.63, 3.8) is 0 Å². The van der Waals surface area contributed by atoms with E-state index in [1.54, 1.807) is 19.1 Å². The highest BCUT2D eigenvalue weighted by molar-refractivity contribution is 5.70. The monoisotopic (exact) mass is 267 g/mol. The van der Waals surface area contributed by atoms with Gasteiger partial charge in [0.25, 0.3) is 0 Å². The molecule has 4 nitrogen and oxygen atoms in total. The zero-order valence-corrected chi connectivity index (χ0v) is 11.1. The van der Waals surface area contributed by atoms with Crippen molar-refractivity contribution in [2.24, 2.45) is 11.8 Å². The van der Waals surface area contributed by atoms with E-state index in [1.807, 2.05) is 0 Å². The number of nitrogens with zero attached hydrogens (tertiary/aromatic N) is 1. The largest absolute Gasteiger partial charge is 0.497 e. The molecule has 1 aromatic rings. The van der Waals surface area contributed by atoms with E-state index in [4.69, 9.17) is 9.84 Å². The van der Waals surface area contributed by atoms with Crippen molar-refractivity contribution < 1.29 is 19.0 Å². The molecule has 1 aliphatic rings. The smallest absolute Gasteiger partial charge is 0.306 e. The first-order valence-electron chi connectivity index (χ1n) is 6.29. The van der Waals surface area contributed by atoms with E-state index < -0.39 is 5.97 Å². The standard InChI is InChI=1S/C14H18FNO3/c1-9(14(17)18)11-7-16(8-11)6-10-3-4-12(19-2)5-13(10)15/h3-5,9,11H,6-8H2,1-2H3,(H,17,18). The number of likely N-dealkylation sites (tertiary alicyclic amines) is 1. The summed E-state index contributed by atoms with van der Waals surface area (Å²) < 4.78 is 18.7. The lowest BCUT2D eigenvalue weighted by molar-refractivity contribution is -0.145. The van der Waals surface area contributed by atoms with Gasteiger partial charge >= 0.3 is 5.97 Å². The van der Waals surface area contributed by atoms with Crippen molar-refractivity contribution in [1.29, 1.82) is 0 Å². The van der Waals surface area contributed by atoms with Gasteiger partial charge in [0.1, 0.15) is 11.6 Å². The minimum atomic E-state index is -0.764. The number of aliphatic carboxylic acids is 1. The zero-order chi connectivity index (χ0) is 14.0. The highest BCUT2D eigenvalue weighted by Gasteiger charge is 2.34. The van der Waals surface area contributed by atoms with Gasteiger partial charge in [-0.15, -0.1) is 0 Å². The second kappa shape index (κ2) is 5.57. The molecule has 0 aliphatic carbocycles. The Labute approximate surface area is 111 Å². The van der Waals surface area contributed by atoms with Crippen LogP contribution in [0.5, 0.6) is 5.75 Å². The molecular weight excluding hydrogens is 249 g/mol. The molecule has 0 bridgehead atoms. The van der Waals surface area contributed by atoms with Crippen molar-refractivity contribution in [3.8, 4) is 5.75 Å².